The molecule has 0 amide bonds. The van der Waals surface area contributed by atoms with E-state index >= 15 is 0 Å². The molecule has 2 nitrogen and oxygen atoms in total. The number of hydrogen-bond acceptors (Lipinski definition) is 2. The summed E-state index contributed by atoms with van der Waals surface area (Å²) in [5, 5.41) is 15.5. The summed E-state index contributed by atoms with van der Waals surface area (Å²) >= 11 is 0. The van der Waals surface area contributed by atoms with Crippen LogP contribution < -0.4 is 26.2 Å². The minimum Gasteiger partial charge on any atom is -0.311 e. The average Bonchev–Trinajstić information content (AvgIpc) is 3.59. The Morgan fingerprint density at radius 1 is 0.253 bits per heavy atom. The minimum atomic E-state index is -0.138. The van der Waals surface area contributed by atoms with Gasteiger partial charge < -0.3 is 9.80 Å². The van der Waals surface area contributed by atoms with Crippen LogP contribution in [0.15, 0.2) is 261 Å². The summed E-state index contributed by atoms with van der Waals surface area (Å²) in [5.74, 6) is 0. The SMILES string of the molecule is Cc1cc(-c2ccccc2)cc(C)c1-c1cc2c3c(c1)N(c1ccc(-c4ccccc4)cc1)c1cc4ccc5cccc6ccc(c1B3c1c(cc3ccc7cccc8ccc1c3c78)N2c1ccc(-c2ccccc2)cc1)c4c56. The molecule has 0 unspecified atom stereocenters. The van der Waals surface area contributed by atoms with Gasteiger partial charge in [-0.3, -0.25) is 0 Å². The van der Waals surface area contributed by atoms with Crippen LogP contribution in [0.4, 0.5) is 34.1 Å². The quantitative estimate of drug-likeness (QED) is 0.121. The van der Waals surface area contributed by atoms with E-state index in [2.05, 4.69) is 285 Å². The maximum atomic E-state index is 2.62. The van der Waals surface area contributed by atoms with Crippen LogP contribution in [-0.4, -0.2) is 6.71 Å². The molecule has 0 bridgehead atoms. The molecule has 0 N–H and O–H groups in total. The lowest BCUT2D eigenvalue weighted by atomic mass is 9.32. The molecule has 0 radical (unpaired) electrons. The number of rotatable bonds is 6. The molecule has 0 spiro atoms. The first-order chi connectivity index (χ1) is 39.0. The molecule has 15 aromatic carbocycles. The Labute approximate surface area is 459 Å². The van der Waals surface area contributed by atoms with Gasteiger partial charge >= 0.3 is 0 Å². The van der Waals surface area contributed by atoms with Gasteiger partial charge in [-0.1, -0.05) is 212 Å². The van der Waals surface area contributed by atoms with Crippen molar-refractivity contribution >= 4 is 122 Å². The average molecular weight is 1000 g/mol. The molecular weight excluding hydrogens is 952 g/mol. The lowest BCUT2D eigenvalue weighted by Gasteiger charge is -2.45. The first-order valence-electron chi connectivity index (χ1n) is 27.7. The summed E-state index contributed by atoms with van der Waals surface area (Å²) in [4.78, 5) is 5.25. The molecule has 0 aliphatic carbocycles. The molecule has 0 saturated carbocycles. The van der Waals surface area contributed by atoms with Crippen LogP contribution in [0.2, 0.25) is 0 Å². The number of nitrogens with zero attached hydrogens (tertiary/aromatic N) is 2. The van der Waals surface area contributed by atoms with E-state index in [1.54, 1.807) is 0 Å². The molecule has 0 saturated heterocycles. The lowest BCUT2D eigenvalue weighted by molar-refractivity contribution is 1.26. The molecule has 2 aliphatic heterocycles. The number of fused-ring (bicyclic) bond motifs is 6. The second kappa shape index (κ2) is 16.8. The normalized spacial score (nSPS) is 12.9. The first-order valence-corrected chi connectivity index (χ1v) is 27.7. The van der Waals surface area contributed by atoms with Crippen molar-refractivity contribution in [3.05, 3.63) is 272 Å². The summed E-state index contributed by atoms with van der Waals surface area (Å²) in [6.07, 6.45) is 0. The van der Waals surface area contributed by atoms with Gasteiger partial charge in [0.25, 0.3) is 6.71 Å². The maximum absolute atomic E-state index is 2.62. The van der Waals surface area contributed by atoms with Crippen molar-refractivity contribution in [2.75, 3.05) is 9.80 Å². The Kier molecular flexibility index (Phi) is 9.38. The Balaban J connectivity index is 1.03. The monoisotopic (exact) mass is 1000 g/mol. The Bertz CT molecular complexity index is 4630. The van der Waals surface area contributed by atoms with Gasteiger partial charge in [-0.25, -0.2) is 0 Å². The van der Waals surface area contributed by atoms with Gasteiger partial charge in [-0.15, -0.1) is 0 Å². The van der Waals surface area contributed by atoms with Gasteiger partial charge in [-0.2, -0.15) is 0 Å². The van der Waals surface area contributed by atoms with Gasteiger partial charge in [0, 0.05) is 34.1 Å². The number of benzene rings is 15. The van der Waals surface area contributed by atoms with E-state index in [-0.39, 0.29) is 6.71 Å². The fraction of sp³-hybridized carbons (Fsp3) is 0.0263. The second-order valence-electron chi connectivity index (χ2n) is 22.0. The molecule has 0 aromatic heterocycles. The van der Waals surface area contributed by atoms with Crippen molar-refractivity contribution in [2.45, 2.75) is 13.8 Å². The third-order valence-corrected chi connectivity index (χ3v) is 17.7. The van der Waals surface area contributed by atoms with Gasteiger partial charge in [0.1, 0.15) is 0 Å². The molecule has 17 rings (SSSR count). The van der Waals surface area contributed by atoms with Gasteiger partial charge in [0.05, 0.1) is 0 Å². The van der Waals surface area contributed by atoms with E-state index in [1.165, 1.54) is 159 Å². The number of anilines is 6. The molecular formula is C76H49BN2. The zero-order valence-electron chi connectivity index (χ0n) is 43.8. The summed E-state index contributed by atoms with van der Waals surface area (Å²) in [7, 11) is 0. The predicted molar refractivity (Wildman–Crippen MR) is 339 cm³/mol. The Morgan fingerprint density at radius 2 is 0.608 bits per heavy atom. The van der Waals surface area contributed by atoms with E-state index in [4.69, 9.17) is 0 Å². The van der Waals surface area contributed by atoms with Crippen LogP contribution in [0.3, 0.4) is 0 Å². The van der Waals surface area contributed by atoms with Gasteiger partial charge in [0.2, 0.25) is 0 Å². The van der Waals surface area contributed by atoms with Crippen molar-refractivity contribution < 1.29 is 0 Å². The maximum Gasteiger partial charge on any atom is 0.253 e. The summed E-state index contributed by atoms with van der Waals surface area (Å²) in [6.45, 7) is 4.47. The van der Waals surface area contributed by atoms with Crippen LogP contribution in [-0.2, 0) is 0 Å². The largest absolute Gasteiger partial charge is 0.311 e. The predicted octanol–water partition coefficient (Wildman–Crippen LogP) is 18.8. The molecule has 2 aliphatic rings. The summed E-state index contributed by atoms with van der Waals surface area (Å²) in [6, 6.07) is 98.5. The molecule has 3 heteroatoms. The van der Waals surface area contributed by atoms with Crippen molar-refractivity contribution in [3.8, 4) is 44.5 Å². The van der Waals surface area contributed by atoms with E-state index in [9.17, 15) is 0 Å². The highest BCUT2D eigenvalue weighted by atomic mass is 15.2. The standard InChI is InChI=1S/C76H49BN2/c1-46-40-59(50-18-10-5-11-19-50)41-47(2)69(46)60-44-67-76-68(45-60)79(62-36-30-52(31-37-62)49-16-8-4-9-17-49)66-43-58-27-25-54-21-13-23-56-33-39-64(73(58)71(54)56)75(66)77(76)74-63-38-32-55-22-12-20-53-24-26-57(72(63)70(53)55)42-65(74)78(67)61-34-28-51(29-35-61)48-14-6-3-7-15-48/h3-45H,1-2H3. The number of hydrogen-bond donors (Lipinski definition) is 0. The van der Waals surface area contributed by atoms with Crippen molar-refractivity contribution in [2.24, 2.45) is 0 Å². The highest BCUT2D eigenvalue weighted by Gasteiger charge is 2.46. The summed E-state index contributed by atoms with van der Waals surface area (Å²) < 4.78 is 0. The van der Waals surface area contributed by atoms with Crippen LogP contribution in [0.5, 0.6) is 0 Å². The molecule has 0 fully saturated rings. The molecule has 79 heavy (non-hydrogen) atoms. The molecule has 366 valence electrons. The van der Waals surface area contributed by atoms with Crippen LogP contribution in [0.1, 0.15) is 11.1 Å². The van der Waals surface area contributed by atoms with Crippen molar-refractivity contribution in [3.63, 3.8) is 0 Å². The van der Waals surface area contributed by atoms with E-state index in [1.807, 2.05) is 0 Å². The highest BCUT2D eigenvalue weighted by Crippen LogP contribution is 2.51. The van der Waals surface area contributed by atoms with Crippen LogP contribution in [0.25, 0.3) is 109 Å². The van der Waals surface area contributed by atoms with Gasteiger partial charge in [-0.05, 0) is 199 Å². The summed E-state index contributed by atoms with van der Waals surface area (Å²) in [5.41, 5.74) is 23.3. The smallest absolute Gasteiger partial charge is 0.253 e. The highest BCUT2D eigenvalue weighted by molar-refractivity contribution is 7.03. The molecule has 15 aromatic rings. The van der Waals surface area contributed by atoms with E-state index < -0.39 is 0 Å². The van der Waals surface area contributed by atoms with Crippen LogP contribution >= 0.6 is 0 Å². The third-order valence-electron chi connectivity index (χ3n) is 17.7. The number of aryl methyl sites for hydroxylation is 2. The van der Waals surface area contributed by atoms with Crippen LogP contribution in [0, 0.1) is 13.8 Å². The first kappa shape index (κ1) is 44.2. The third kappa shape index (κ3) is 6.48. The van der Waals surface area contributed by atoms with Crippen molar-refractivity contribution in [1.82, 2.24) is 0 Å². The molecule has 2 heterocycles. The zero-order chi connectivity index (χ0) is 52.0. The lowest BCUT2D eigenvalue weighted by Crippen LogP contribution is -2.61. The fourth-order valence-corrected chi connectivity index (χ4v) is 14.4. The zero-order valence-corrected chi connectivity index (χ0v) is 43.8. The topological polar surface area (TPSA) is 6.48 Å². The van der Waals surface area contributed by atoms with E-state index in [0.29, 0.717) is 0 Å². The Morgan fingerprint density at radius 3 is 1.03 bits per heavy atom. The van der Waals surface area contributed by atoms with Crippen molar-refractivity contribution in [1.29, 1.82) is 0 Å². The van der Waals surface area contributed by atoms with Gasteiger partial charge in [0.15, 0.2) is 0 Å². The fourth-order valence-electron chi connectivity index (χ4n) is 14.4. The second-order valence-corrected chi connectivity index (χ2v) is 22.0. The minimum absolute atomic E-state index is 0.138. The Hall–Kier alpha value is -9.96. The molecule has 0 atom stereocenters. The van der Waals surface area contributed by atoms with E-state index in [0.717, 1.165) is 11.4 Å².